The van der Waals surface area contributed by atoms with E-state index in [1.54, 1.807) is 0 Å². The lowest BCUT2D eigenvalue weighted by Gasteiger charge is -2.23. The van der Waals surface area contributed by atoms with Gasteiger partial charge in [-0.15, -0.1) is 24.0 Å². The van der Waals surface area contributed by atoms with E-state index in [-0.39, 0.29) is 29.4 Å². The third-order valence-corrected chi connectivity index (χ3v) is 4.06. The molecule has 5 heteroatoms. The van der Waals surface area contributed by atoms with Gasteiger partial charge >= 0.3 is 0 Å². The topological polar surface area (TPSA) is 45.7 Å². The van der Waals surface area contributed by atoms with Crippen LogP contribution in [-0.2, 0) is 11.2 Å². The van der Waals surface area contributed by atoms with E-state index in [0.29, 0.717) is 6.10 Å². The fourth-order valence-corrected chi connectivity index (χ4v) is 2.86. The van der Waals surface area contributed by atoms with E-state index in [1.165, 1.54) is 12.0 Å². The number of hydrogen-bond donors (Lipinski definition) is 2. The summed E-state index contributed by atoms with van der Waals surface area (Å²) in [4.78, 5) is 4.78. The van der Waals surface area contributed by atoms with Crippen molar-refractivity contribution in [2.75, 3.05) is 26.2 Å². The summed E-state index contributed by atoms with van der Waals surface area (Å²) >= 11 is 0. The molecule has 1 aromatic rings. The quantitative estimate of drug-likeness (QED) is 0.383. The molecule has 2 N–H and O–H groups in total. The van der Waals surface area contributed by atoms with Crippen LogP contribution in [0.25, 0.3) is 0 Å². The van der Waals surface area contributed by atoms with E-state index in [4.69, 9.17) is 9.73 Å². The average Bonchev–Trinajstić information content (AvgIpc) is 3.04. The summed E-state index contributed by atoms with van der Waals surface area (Å²) < 4.78 is 5.66. The summed E-state index contributed by atoms with van der Waals surface area (Å²) in [5.74, 6) is 0.893. The van der Waals surface area contributed by atoms with Crippen LogP contribution < -0.4 is 10.6 Å². The molecule has 1 saturated heterocycles. The van der Waals surface area contributed by atoms with Crippen LogP contribution in [0, 0.1) is 5.41 Å². The second-order valence-electron chi connectivity index (χ2n) is 7.04. The zero-order valence-corrected chi connectivity index (χ0v) is 17.5. The van der Waals surface area contributed by atoms with Crippen LogP contribution in [0.5, 0.6) is 0 Å². The predicted molar refractivity (Wildman–Crippen MR) is 112 cm³/mol. The van der Waals surface area contributed by atoms with Gasteiger partial charge in [-0.2, -0.15) is 0 Å². The van der Waals surface area contributed by atoms with Crippen LogP contribution in [0.15, 0.2) is 35.3 Å². The molecule has 0 aliphatic carbocycles. The van der Waals surface area contributed by atoms with Gasteiger partial charge in [0.25, 0.3) is 0 Å². The zero-order chi connectivity index (χ0) is 16.5. The fraction of sp³-hybridized carbons (Fsp3) is 0.632. The van der Waals surface area contributed by atoms with Crippen LogP contribution in [0.4, 0.5) is 0 Å². The largest absolute Gasteiger partial charge is 0.376 e. The number of nitrogens with one attached hydrogen (secondary N) is 2. The summed E-state index contributed by atoms with van der Waals surface area (Å²) in [5, 5.41) is 6.74. The minimum atomic E-state index is 0. The van der Waals surface area contributed by atoms with Crippen molar-refractivity contribution in [1.82, 2.24) is 10.6 Å². The van der Waals surface area contributed by atoms with E-state index in [9.17, 15) is 0 Å². The Balaban J connectivity index is 0.00000288. The summed E-state index contributed by atoms with van der Waals surface area (Å²) in [6, 6.07) is 10.6. The number of ether oxygens (including phenoxy) is 1. The summed E-state index contributed by atoms with van der Waals surface area (Å²) in [6.45, 7) is 10.0. The van der Waals surface area contributed by atoms with Gasteiger partial charge in [0, 0.05) is 26.2 Å². The first-order chi connectivity index (χ1) is 11.1. The second-order valence-corrected chi connectivity index (χ2v) is 7.04. The Morgan fingerprint density at radius 2 is 2.00 bits per heavy atom. The maximum absolute atomic E-state index is 5.66. The molecule has 0 aromatic heterocycles. The first-order valence-corrected chi connectivity index (χ1v) is 8.77. The Hall–Kier alpha value is -0.820. The Kier molecular flexibility index (Phi) is 9.66. The van der Waals surface area contributed by atoms with Crippen molar-refractivity contribution in [3.8, 4) is 0 Å². The van der Waals surface area contributed by atoms with Crippen molar-refractivity contribution < 1.29 is 4.74 Å². The van der Waals surface area contributed by atoms with Crippen LogP contribution in [0.2, 0.25) is 0 Å². The van der Waals surface area contributed by atoms with Gasteiger partial charge in [-0.25, -0.2) is 0 Å². The number of hydrogen-bond acceptors (Lipinski definition) is 2. The lowest BCUT2D eigenvalue weighted by molar-refractivity contribution is 0.114. The van der Waals surface area contributed by atoms with E-state index in [2.05, 4.69) is 61.7 Å². The summed E-state index contributed by atoms with van der Waals surface area (Å²) in [5.41, 5.74) is 1.50. The molecular formula is C19H32IN3O. The molecule has 1 aliphatic rings. The van der Waals surface area contributed by atoms with Crippen LogP contribution in [0.1, 0.15) is 39.2 Å². The van der Waals surface area contributed by atoms with Gasteiger partial charge in [-0.3, -0.25) is 4.99 Å². The molecule has 136 valence electrons. The highest BCUT2D eigenvalue weighted by Crippen LogP contribution is 2.22. The maximum atomic E-state index is 5.66. The highest BCUT2D eigenvalue weighted by atomic mass is 127. The normalized spacial score (nSPS) is 18.1. The predicted octanol–water partition coefficient (Wildman–Crippen LogP) is 3.61. The molecule has 0 radical (unpaired) electrons. The minimum Gasteiger partial charge on any atom is -0.376 e. The van der Waals surface area contributed by atoms with E-state index < -0.39 is 0 Å². The SMILES string of the molecule is CCNC(=NCC(C)(C)Cc1ccccc1)NCC1CCCO1.I. The molecule has 0 spiro atoms. The highest BCUT2D eigenvalue weighted by Gasteiger charge is 2.19. The Labute approximate surface area is 163 Å². The Morgan fingerprint density at radius 1 is 1.25 bits per heavy atom. The third kappa shape index (κ3) is 7.83. The molecule has 1 atom stereocenters. The van der Waals surface area contributed by atoms with Crippen molar-refractivity contribution in [2.24, 2.45) is 10.4 Å². The monoisotopic (exact) mass is 445 g/mol. The molecule has 24 heavy (non-hydrogen) atoms. The van der Waals surface area contributed by atoms with Crippen molar-refractivity contribution in [3.63, 3.8) is 0 Å². The van der Waals surface area contributed by atoms with Crippen LogP contribution in [0.3, 0.4) is 0 Å². The number of halogens is 1. The van der Waals surface area contributed by atoms with Crippen molar-refractivity contribution in [3.05, 3.63) is 35.9 Å². The third-order valence-electron chi connectivity index (χ3n) is 4.06. The molecule has 1 aromatic carbocycles. The van der Waals surface area contributed by atoms with Gasteiger partial charge in [0.1, 0.15) is 0 Å². The van der Waals surface area contributed by atoms with Crippen LogP contribution >= 0.6 is 24.0 Å². The van der Waals surface area contributed by atoms with Crippen LogP contribution in [-0.4, -0.2) is 38.3 Å². The average molecular weight is 445 g/mol. The van der Waals surface area contributed by atoms with E-state index in [0.717, 1.165) is 45.0 Å². The summed E-state index contributed by atoms with van der Waals surface area (Å²) in [6.07, 6.45) is 3.68. The molecule has 1 fully saturated rings. The Bertz CT molecular complexity index is 485. The first kappa shape index (κ1) is 21.2. The number of nitrogens with zero attached hydrogens (tertiary/aromatic N) is 1. The smallest absolute Gasteiger partial charge is 0.191 e. The molecular weight excluding hydrogens is 413 g/mol. The van der Waals surface area contributed by atoms with Crippen molar-refractivity contribution in [1.29, 1.82) is 0 Å². The molecule has 1 heterocycles. The lowest BCUT2D eigenvalue weighted by atomic mass is 9.86. The molecule has 2 rings (SSSR count). The van der Waals surface area contributed by atoms with Crippen molar-refractivity contribution >= 4 is 29.9 Å². The van der Waals surface area contributed by atoms with Gasteiger partial charge in [-0.05, 0) is 37.2 Å². The van der Waals surface area contributed by atoms with E-state index in [1.807, 2.05) is 0 Å². The summed E-state index contributed by atoms with van der Waals surface area (Å²) in [7, 11) is 0. The van der Waals surface area contributed by atoms with Crippen molar-refractivity contribution in [2.45, 2.75) is 46.1 Å². The lowest BCUT2D eigenvalue weighted by Crippen LogP contribution is -2.41. The van der Waals surface area contributed by atoms with E-state index >= 15 is 0 Å². The maximum Gasteiger partial charge on any atom is 0.191 e. The number of aliphatic imine (C=N–C) groups is 1. The van der Waals surface area contributed by atoms with Gasteiger partial charge in [-0.1, -0.05) is 44.2 Å². The molecule has 0 saturated carbocycles. The van der Waals surface area contributed by atoms with Gasteiger partial charge < -0.3 is 15.4 Å². The number of rotatable bonds is 7. The van der Waals surface area contributed by atoms with Gasteiger partial charge in [0.05, 0.1) is 6.10 Å². The van der Waals surface area contributed by atoms with Gasteiger partial charge in [0.15, 0.2) is 5.96 Å². The first-order valence-electron chi connectivity index (χ1n) is 8.77. The molecule has 4 nitrogen and oxygen atoms in total. The molecule has 0 amide bonds. The molecule has 0 bridgehead atoms. The minimum absolute atomic E-state index is 0. The zero-order valence-electron chi connectivity index (χ0n) is 15.2. The number of benzene rings is 1. The molecule has 1 unspecified atom stereocenters. The number of guanidine groups is 1. The second kappa shape index (κ2) is 10.9. The molecule has 1 aliphatic heterocycles. The van der Waals surface area contributed by atoms with Gasteiger partial charge in [0.2, 0.25) is 0 Å². The highest BCUT2D eigenvalue weighted by molar-refractivity contribution is 14.0. The standard InChI is InChI=1S/C19H31N3O.HI/c1-4-20-18(21-14-17-11-8-12-23-17)22-15-19(2,3)13-16-9-6-5-7-10-16;/h5-7,9-10,17H,4,8,11-15H2,1-3H3,(H2,20,21,22);1H. The fourth-order valence-electron chi connectivity index (χ4n) is 2.86. The Morgan fingerprint density at radius 3 is 2.62 bits per heavy atom.